The summed E-state index contributed by atoms with van der Waals surface area (Å²) in [6.07, 6.45) is 0.515. The maximum atomic E-state index is 13.2. The molecule has 1 atom stereocenters. The quantitative estimate of drug-likeness (QED) is 0.772. The van der Waals surface area contributed by atoms with Gasteiger partial charge in [-0.05, 0) is 25.2 Å². The molecule has 1 amide bonds. The number of rotatable bonds is 4. The maximum Gasteiger partial charge on any atom is 0.410 e. The smallest absolute Gasteiger partial charge is 0.410 e. The SMILES string of the molecule is O=C1OCCN1C1CCN(S(=O)(=O)CC2CCC(F)(F)C2)CC1. The summed E-state index contributed by atoms with van der Waals surface area (Å²) < 4.78 is 57.6. The summed E-state index contributed by atoms with van der Waals surface area (Å²) in [5.41, 5.74) is 0. The molecule has 3 fully saturated rings. The number of sulfonamides is 1. The van der Waals surface area contributed by atoms with Gasteiger partial charge in [0, 0.05) is 32.0 Å². The summed E-state index contributed by atoms with van der Waals surface area (Å²) >= 11 is 0. The first-order chi connectivity index (χ1) is 10.8. The lowest BCUT2D eigenvalue weighted by Gasteiger charge is -2.35. The van der Waals surface area contributed by atoms with Crippen molar-refractivity contribution in [3.05, 3.63) is 0 Å². The number of piperidine rings is 1. The summed E-state index contributed by atoms with van der Waals surface area (Å²) in [5.74, 6) is -3.37. The number of alkyl halides is 2. The van der Waals surface area contributed by atoms with E-state index in [1.54, 1.807) is 4.90 Å². The standard InChI is InChI=1S/C14H22F2N2O4S/c15-14(16)4-1-11(9-14)10-23(20,21)17-5-2-12(3-6-17)18-7-8-22-13(18)19/h11-12H,1-10H2. The van der Waals surface area contributed by atoms with E-state index in [2.05, 4.69) is 0 Å². The van der Waals surface area contributed by atoms with E-state index in [4.69, 9.17) is 4.74 Å². The molecule has 2 saturated heterocycles. The molecule has 2 aliphatic heterocycles. The molecule has 0 aromatic rings. The van der Waals surface area contributed by atoms with Crippen molar-refractivity contribution in [3.63, 3.8) is 0 Å². The van der Waals surface area contributed by atoms with Crippen LogP contribution in [0.1, 0.15) is 32.1 Å². The van der Waals surface area contributed by atoms with Crippen molar-refractivity contribution in [3.8, 4) is 0 Å². The number of halogens is 2. The van der Waals surface area contributed by atoms with Crippen LogP contribution in [-0.4, -0.2) is 67.7 Å². The van der Waals surface area contributed by atoms with Crippen LogP contribution in [0, 0.1) is 5.92 Å². The summed E-state index contributed by atoms with van der Waals surface area (Å²) in [4.78, 5) is 13.2. The van der Waals surface area contributed by atoms with Crippen LogP contribution in [0.4, 0.5) is 13.6 Å². The van der Waals surface area contributed by atoms with Crippen LogP contribution in [-0.2, 0) is 14.8 Å². The topological polar surface area (TPSA) is 66.9 Å². The molecule has 0 bridgehead atoms. The third-order valence-corrected chi connectivity index (χ3v) is 7.05. The normalized spacial score (nSPS) is 29.9. The molecule has 0 aromatic carbocycles. The molecule has 23 heavy (non-hydrogen) atoms. The van der Waals surface area contributed by atoms with E-state index in [-0.39, 0.29) is 37.2 Å². The number of cyclic esters (lactones) is 1. The van der Waals surface area contributed by atoms with Crippen molar-refractivity contribution in [1.82, 2.24) is 9.21 Å². The molecule has 0 aromatic heterocycles. The van der Waals surface area contributed by atoms with Gasteiger partial charge in [-0.1, -0.05) is 0 Å². The van der Waals surface area contributed by atoms with Crippen molar-refractivity contribution in [2.45, 2.75) is 44.1 Å². The monoisotopic (exact) mass is 352 g/mol. The summed E-state index contributed by atoms with van der Waals surface area (Å²) in [5, 5.41) is 0. The van der Waals surface area contributed by atoms with Gasteiger partial charge in [-0.15, -0.1) is 0 Å². The molecule has 2 heterocycles. The Kier molecular flexibility index (Phi) is 4.52. The van der Waals surface area contributed by atoms with Crippen LogP contribution in [0.3, 0.4) is 0 Å². The van der Waals surface area contributed by atoms with E-state index >= 15 is 0 Å². The zero-order valence-electron chi connectivity index (χ0n) is 12.9. The van der Waals surface area contributed by atoms with Gasteiger partial charge >= 0.3 is 6.09 Å². The highest BCUT2D eigenvalue weighted by Gasteiger charge is 2.42. The lowest BCUT2D eigenvalue weighted by atomic mass is 10.1. The second-order valence-electron chi connectivity index (χ2n) is 6.68. The third-order valence-electron chi connectivity index (χ3n) is 5.00. The maximum absolute atomic E-state index is 13.2. The van der Waals surface area contributed by atoms with Gasteiger partial charge in [0.1, 0.15) is 6.61 Å². The van der Waals surface area contributed by atoms with Crippen LogP contribution in [0.25, 0.3) is 0 Å². The van der Waals surface area contributed by atoms with Gasteiger partial charge in [0.25, 0.3) is 0 Å². The Labute approximate surface area is 134 Å². The Bertz CT molecular complexity index is 561. The molecule has 0 radical (unpaired) electrons. The van der Waals surface area contributed by atoms with Crippen molar-refractivity contribution in [1.29, 1.82) is 0 Å². The van der Waals surface area contributed by atoms with Gasteiger partial charge in [0.05, 0.1) is 12.3 Å². The number of nitrogens with zero attached hydrogens (tertiary/aromatic N) is 2. The fourth-order valence-corrected chi connectivity index (χ4v) is 5.61. The van der Waals surface area contributed by atoms with Crippen LogP contribution < -0.4 is 0 Å². The molecule has 3 aliphatic rings. The van der Waals surface area contributed by atoms with E-state index in [0.29, 0.717) is 39.1 Å². The molecule has 0 spiro atoms. The number of hydrogen-bond acceptors (Lipinski definition) is 4. The Balaban J connectivity index is 1.53. The minimum absolute atomic E-state index is 0.00673. The first-order valence-corrected chi connectivity index (χ1v) is 9.67. The molecule has 132 valence electrons. The molecule has 1 aliphatic carbocycles. The number of ether oxygens (including phenoxy) is 1. The predicted molar refractivity (Wildman–Crippen MR) is 78.7 cm³/mol. The van der Waals surface area contributed by atoms with Gasteiger partial charge in [-0.2, -0.15) is 0 Å². The van der Waals surface area contributed by atoms with Gasteiger partial charge in [-0.25, -0.2) is 26.3 Å². The van der Waals surface area contributed by atoms with Crippen molar-refractivity contribution >= 4 is 16.1 Å². The minimum atomic E-state index is -3.51. The molecule has 0 N–H and O–H groups in total. The van der Waals surface area contributed by atoms with Crippen LogP contribution in [0.15, 0.2) is 0 Å². The second kappa shape index (κ2) is 6.16. The minimum Gasteiger partial charge on any atom is -0.448 e. The number of carbonyl (C=O) groups is 1. The van der Waals surface area contributed by atoms with E-state index in [1.165, 1.54) is 4.31 Å². The molecular formula is C14H22F2N2O4S. The Hall–Kier alpha value is -0.960. The molecule has 1 unspecified atom stereocenters. The van der Waals surface area contributed by atoms with Gasteiger partial charge in [0.2, 0.25) is 15.9 Å². The lowest BCUT2D eigenvalue weighted by Crippen LogP contribution is -2.48. The first kappa shape index (κ1) is 16.9. The summed E-state index contributed by atoms with van der Waals surface area (Å²) in [7, 11) is -3.51. The van der Waals surface area contributed by atoms with Gasteiger partial charge < -0.3 is 9.64 Å². The van der Waals surface area contributed by atoms with E-state index in [9.17, 15) is 22.0 Å². The average molecular weight is 352 g/mol. The predicted octanol–water partition coefficient (Wildman–Crippen LogP) is 1.67. The van der Waals surface area contributed by atoms with Crippen molar-refractivity contribution in [2.75, 3.05) is 32.0 Å². The Morgan fingerprint density at radius 2 is 1.87 bits per heavy atom. The van der Waals surface area contributed by atoms with E-state index in [0.717, 1.165) is 0 Å². The molecule has 6 nitrogen and oxygen atoms in total. The fourth-order valence-electron chi connectivity index (χ4n) is 3.76. The van der Waals surface area contributed by atoms with E-state index in [1.807, 2.05) is 0 Å². The highest BCUT2D eigenvalue weighted by Crippen LogP contribution is 2.39. The van der Waals surface area contributed by atoms with Crippen LogP contribution in [0.5, 0.6) is 0 Å². The van der Waals surface area contributed by atoms with Crippen molar-refractivity contribution in [2.24, 2.45) is 5.92 Å². The number of hydrogen-bond donors (Lipinski definition) is 0. The van der Waals surface area contributed by atoms with Crippen LogP contribution >= 0.6 is 0 Å². The Morgan fingerprint density at radius 1 is 1.17 bits per heavy atom. The largest absolute Gasteiger partial charge is 0.448 e. The van der Waals surface area contributed by atoms with Gasteiger partial charge in [-0.3, -0.25) is 0 Å². The molecule has 1 saturated carbocycles. The number of carbonyl (C=O) groups excluding carboxylic acids is 1. The first-order valence-electron chi connectivity index (χ1n) is 8.06. The zero-order valence-corrected chi connectivity index (χ0v) is 13.7. The molecule has 9 heteroatoms. The summed E-state index contributed by atoms with van der Waals surface area (Å²) in [6, 6.07) is 0.00673. The highest BCUT2D eigenvalue weighted by molar-refractivity contribution is 7.89. The fraction of sp³-hybridized carbons (Fsp3) is 0.929. The van der Waals surface area contributed by atoms with Crippen LogP contribution in [0.2, 0.25) is 0 Å². The highest BCUT2D eigenvalue weighted by atomic mass is 32.2. The molecule has 3 rings (SSSR count). The number of amides is 1. The van der Waals surface area contributed by atoms with E-state index < -0.39 is 21.9 Å². The average Bonchev–Trinajstić information content (AvgIpc) is 3.04. The third kappa shape index (κ3) is 3.76. The summed E-state index contributed by atoms with van der Waals surface area (Å²) in [6.45, 7) is 1.60. The lowest BCUT2D eigenvalue weighted by molar-refractivity contribution is 0.00589. The van der Waals surface area contributed by atoms with Gasteiger partial charge in [0.15, 0.2) is 0 Å². The second-order valence-corrected chi connectivity index (χ2v) is 8.69. The van der Waals surface area contributed by atoms with Crippen molar-refractivity contribution < 1.29 is 26.7 Å². The molecular weight excluding hydrogens is 330 g/mol. The Morgan fingerprint density at radius 3 is 2.39 bits per heavy atom. The zero-order chi connectivity index (χ0) is 16.7.